The van der Waals surface area contributed by atoms with Gasteiger partial charge in [0, 0.05) is 24.5 Å². The lowest BCUT2D eigenvalue weighted by molar-refractivity contribution is 0.179. The van der Waals surface area contributed by atoms with Crippen LogP contribution >= 0.6 is 0 Å². The minimum Gasteiger partial charge on any atom is -0.484 e. The zero-order chi connectivity index (χ0) is 13.8. The maximum atomic E-state index is 13.1. The summed E-state index contributed by atoms with van der Waals surface area (Å²) in [4.78, 5) is 3.91. The Morgan fingerprint density at radius 3 is 2.37 bits per heavy atom. The largest absolute Gasteiger partial charge is 0.484 e. The molecule has 1 aromatic carbocycles. The van der Waals surface area contributed by atoms with Gasteiger partial charge in [-0.3, -0.25) is 4.98 Å². The number of benzene rings is 1. The van der Waals surface area contributed by atoms with Crippen molar-refractivity contribution in [2.75, 3.05) is 0 Å². The van der Waals surface area contributed by atoms with Gasteiger partial charge in [0.1, 0.15) is 11.9 Å². The van der Waals surface area contributed by atoms with Crippen molar-refractivity contribution in [3.63, 3.8) is 0 Å². The summed E-state index contributed by atoms with van der Waals surface area (Å²) in [6.07, 6.45) is 2.80. The first-order chi connectivity index (χ1) is 9.08. The second-order valence-corrected chi connectivity index (χ2v) is 4.25. The lowest BCUT2D eigenvalue weighted by Crippen LogP contribution is -2.29. The normalized spacial score (nSPS) is 13.9. The fraction of sp³-hybridized carbons (Fsp3) is 0.214. The van der Waals surface area contributed by atoms with Crippen molar-refractivity contribution in [3.8, 4) is 5.75 Å². The van der Waals surface area contributed by atoms with E-state index >= 15 is 0 Å². The highest BCUT2D eigenvalue weighted by Gasteiger charge is 2.18. The van der Waals surface area contributed by atoms with Crippen molar-refractivity contribution in [2.45, 2.75) is 19.1 Å². The van der Waals surface area contributed by atoms with Gasteiger partial charge in [0.25, 0.3) is 0 Å². The van der Waals surface area contributed by atoms with E-state index in [1.54, 1.807) is 31.5 Å². The van der Waals surface area contributed by atoms with Crippen LogP contribution in [0.3, 0.4) is 0 Å². The molecule has 3 nitrogen and oxygen atoms in total. The Morgan fingerprint density at radius 2 is 1.79 bits per heavy atom. The molecule has 2 atom stereocenters. The molecule has 0 aliphatic heterocycles. The van der Waals surface area contributed by atoms with Crippen LogP contribution in [-0.2, 0) is 0 Å². The molecule has 0 bridgehead atoms. The molecule has 0 aliphatic rings. The highest BCUT2D eigenvalue weighted by atomic mass is 19.2. The molecule has 2 N–H and O–H groups in total. The molecule has 2 aromatic rings. The van der Waals surface area contributed by atoms with Crippen molar-refractivity contribution in [2.24, 2.45) is 5.73 Å². The van der Waals surface area contributed by atoms with Crippen LogP contribution in [0, 0.1) is 11.6 Å². The van der Waals surface area contributed by atoms with Crippen molar-refractivity contribution < 1.29 is 13.5 Å². The van der Waals surface area contributed by atoms with Gasteiger partial charge in [0.2, 0.25) is 0 Å². The molecule has 1 aromatic heterocycles. The number of nitrogens with zero attached hydrogens (tertiary/aromatic N) is 1. The van der Waals surface area contributed by atoms with Crippen molar-refractivity contribution in [1.82, 2.24) is 4.98 Å². The van der Waals surface area contributed by atoms with Gasteiger partial charge < -0.3 is 10.5 Å². The Labute approximate surface area is 110 Å². The van der Waals surface area contributed by atoms with Crippen LogP contribution in [0.4, 0.5) is 8.78 Å². The first kappa shape index (κ1) is 13.4. The number of hydrogen-bond acceptors (Lipinski definition) is 3. The van der Waals surface area contributed by atoms with Gasteiger partial charge in [-0.15, -0.1) is 0 Å². The summed E-state index contributed by atoms with van der Waals surface area (Å²) < 4.78 is 31.6. The average Bonchev–Trinajstić information content (AvgIpc) is 2.40. The van der Waals surface area contributed by atoms with Crippen LogP contribution in [0.15, 0.2) is 42.7 Å². The van der Waals surface area contributed by atoms with E-state index in [-0.39, 0.29) is 11.8 Å². The van der Waals surface area contributed by atoms with Gasteiger partial charge in [-0.2, -0.15) is 0 Å². The number of ether oxygens (including phenoxy) is 1. The van der Waals surface area contributed by atoms with Gasteiger partial charge in [-0.25, -0.2) is 8.78 Å². The maximum Gasteiger partial charge on any atom is 0.162 e. The Hall–Kier alpha value is -2.01. The summed E-state index contributed by atoms with van der Waals surface area (Å²) in [5, 5.41) is 0. The quantitative estimate of drug-likeness (QED) is 0.923. The number of halogens is 2. The standard InChI is InChI=1S/C14H14F2N2O/c1-9(17)14(10-4-6-18-7-5-10)19-11-2-3-12(15)13(16)8-11/h2-9,14H,17H2,1H3. The summed E-state index contributed by atoms with van der Waals surface area (Å²) >= 11 is 0. The third-order valence-electron chi connectivity index (χ3n) is 2.67. The molecule has 1 heterocycles. The summed E-state index contributed by atoms with van der Waals surface area (Å²) in [5.74, 6) is -1.62. The van der Waals surface area contributed by atoms with Crippen molar-refractivity contribution >= 4 is 0 Å². The third kappa shape index (κ3) is 3.26. The molecule has 0 fully saturated rings. The van der Waals surface area contributed by atoms with Crippen molar-refractivity contribution in [3.05, 3.63) is 59.9 Å². The Bertz CT molecular complexity index is 546. The first-order valence-electron chi connectivity index (χ1n) is 5.85. The van der Waals surface area contributed by atoms with Crippen LogP contribution in [-0.4, -0.2) is 11.0 Å². The van der Waals surface area contributed by atoms with Gasteiger partial charge in [-0.05, 0) is 36.8 Å². The summed E-state index contributed by atoms with van der Waals surface area (Å²) in [6.45, 7) is 1.78. The molecule has 0 saturated carbocycles. The Balaban J connectivity index is 2.24. The fourth-order valence-corrected chi connectivity index (χ4v) is 1.73. The number of aromatic nitrogens is 1. The predicted octanol–water partition coefficient (Wildman–Crippen LogP) is 2.83. The number of rotatable bonds is 4. The minimum atomic E-state index is -0.948. The average molecular weight is 264 g/mol. The van der Waals surface area contributed by atoms with E-state index in [9.17, 15) is 8.78 Å². The minimum absolute atomic E-state index is 0.234. The summed E-state index contributed by atoms with van der Waals surface area (Å²) in [7, 11) is 0. The van der Waals surface area contributed by atoms with E-state index in [0.717, 1.165) is 17.7 Å². The monoisotopic (exact) mass is 264 g/mol. The summed E-state index contributed by atoms with van der Waals surface area (Å²) in [5.41, 5.74) is 6.70. The van der Waals surface area contributed by atoms with Gasteiger partial charge in [0.05, 0.1) is 0 Å². The van der Waals surface area contributed by atoms with E-state index in [1.165, 1.54) is 6.07 Å². The zero-order valence-electron chi connectivity index (χ0n) is 10.4. The zero-order valence-corrected chi connectivity index (χ0v) is 10.4. The van der Waals surface area contributed by atoms with E-state index < -0.39 is 17.7 Å². The molecule has 2 rings (SSSR count). The van der Waals surface area contributed by atoms with Gasteiger partial charge in [-0.1, -0.05) is 0 Å². The smallest absolute Gasteiger partial charge is 0.162 e. The molecular formula is C14H14F2N2O. The van der Waals surface area contributed by atoms with Crippen LogP contribution in [0.2, 0.25) is 0 Å². The lowest BCUT2D eigenvalue weighted by atomic mass is 10.1. The maximum absolute atomic E-state index is 13.1. The number of nitrogens with two attached hydrogens (primary N) is 1. The molecule has 2 unspecified atom stereocenters. The second-order valence-electron chi connectivity index (χ2n) is 4.25. The van der Waals surface area contributed by atoms with Crippen LogP contribution in [0.5, 0.6) is 5.75 Å². The third-order valence-corrected chi connectivity index (χ3v) is 2.67. The van der Waals surface area contributed by atoms with Crippen LogP contribution < -0.4 is 10.5 Å². The Kier molecular flexibility index (Phi) is 4.06. The molecule has 19 heavy (non-hydrogen) atoms. The lowest BCUT2D eigenvalue weighted by Gasteiger charge is -2.22. The van der Waals surface area contributed by atoms with Crippen molar-refractivity contribution in [1.29, 1.82) is 0 Å². The van der Waals surface area contributed by atoms with Gasteiger partial charge >= 0.3 is 0 Å². The van der Waals surface area contributed by atoms with Crippen LogP contribution in [0.25, 0.3) is 0 Å². The fourth-order valence-electron chi connectivity index (χ4n) is 1.73. The van der Waals surface area contributed by atoms with E-state index in [2.05, 4.69) is 4.98 Å². The molecule has 0 radical (unpaired) electrons. The van der Waals surface area contributed by atoms with E-state index in [1.807, 2.05) is 0 Å². The highest BCUT2D eigenvalue weighted by molar-refractivity contribution is 5.26. The molecule has 0 saturated heterocycles. The summed E-state index contributed by atoms with van der Waals surface area (Å²) in [6, 6.07) is 6.63. The molecule has 0 amide bonds. The molecule has 100 valence electrons. The highest BCUT2D eigenvalue weighted by Crippen LogP contribution is 2.25. The number of hydrogen-bond donors (Lipinski definition) is 1. The molecule has 0 spiro atoms. The molecule has 5 heteroatoms. The molecular weight excluding hydrogens is 250 g/mol. The van der Waals surface area contributed by atoms with E-state index in [4.69, 9.17) is 10.5 Å². The second kappa shape index (κ2) is 5.75. The van der Waals surface area contributed by atoms with E-state index in [0.29, 0.717) is 0 Å². The number of pyridine rings is 1. The topological polar surface area (TPSA) is 48.1 Å². The van der Waals surface area contributed by atoms with Gasteiger partial charge in [0.15, 0.2) is 11.6 Å². The SMILES string of the molecule is CC(N)C(Oc1ccc(F)c(F)c1)c1ccncc1. The Morgan fingerprint density at radius 1 is 1.11 bits per heavy atom. The molecule has 0 aliphatic carbocycles. The first-order valence-corrected chi connectivity index (χ1v) is 5.85. The predicted molar refractivity (Wildman–Crippen MR) is 67.6 cm³/mol. The van der Waals surface area contributed by atoms with Crippen LogP contribution in [0.1, 0.15) is 18.6 Å².